The lowest BCUT2D eigenvalue weighted by atomic mass is 9.70. The zero-order chi connectivity index (χ0) is 13.7. The molecule has 0 aromatic carbocycles. The van der Waals surface area contributed by atoms with Crippen LogP contribution in [0.2, 0.25) is 0 Å². The van der Waals surface area contributed by atoms with E-state index in [1.165, 1.54) is 38.5 Å². The van der Waals surface area contributed by atoms with Crippen LogP contribution in [0, 0.1) is 17.8 Å². The summed E-state index contributed by atoms with van der Waals surface area (Å²) in [5.41, 5.74) is 0. The Bertz CT molecular complexity index is 241. The average molecular weight is 274 g/mol. The van der Waals surface area contributed by atoms with Gasteiger partial charge in [-0.2, -0.15) is 8.78 Å². The second-order valence-corrected chi connectivity index (χ2v) is 6.50. The van der Waals surface area contributed by atoms with Crippen molar-refractivity contribution in [1.29, 1.82) is 0 Å². The molecule has 0 spiro atoms. The van der Waals surface area contributed by atoms with Crippen molar-refractivity contribution in [2.75, 3.05) is 0 Å². The topological polar surface area (TPSA) is 9.23 Å². The number of hydrogen-bond acceptors (Lipinski definition) is 1. The fourth-order valence-corrected chi connectivity index (χ4v) is 4.20. The van der Waals surface area contributed by atoms with Gasteiger partial charge in [0.1, 0.15) is 0 Å². The Morgan fingerprint density at radius 2 is 1.42 bits per heavy atom. The van der Waals surface area contributed by atoms with Crippen molar-refractivity contribution in [2.24, 2.45) is 17.8 Å². The summed E-state index contributed by atoms with van der Waals surface area (Å²) in [7, 11) is 0. The van der Waals surface area contributed by atoms with Crippen LogP contribution in [0.4, 0.5) is 8.78 Å². The van der Waals surface area contributed by atoms with E-state index in [1.807, 2.05) is 0 Å². The first kappa shape index (κ1) is 15.2. The Balaban J connectivity index is 1.68. The van der Waals surface area contributed by atoms with Crippen molar-refractivity contribution in [2.45, 2.75) is 83.8 Å². The minimum absolute atomic E-state index is 0.187. The third-order valence-corrected chi connectivity index (χ3v) is 5.27. The van der Waals surface area contributed by atoms with Gasteiger partial charge in [0.15, 0.2) is 0 Å². The van der Waals surface area contributed by atoms with Gasteiger partial charge in [-0.05, 0) is 56.3 Å². The maximum Gasteiger partial charge on any atom is 0.345 e. The van der Waals surface area contributed by atoms with Crippen LogP contribution in [0.1, 0.15) is 71.1 Å². The van der Waals surface area contributed by atoms with Crippen molar-refractivity contribution in [3.8, 4) is 0 Å². The zero-order valence-corrected chi connectivity index (χ0v) is 12.1. The SMILES string of the molecule is CCCC1CCC(C2CCC(OC(F)F)CC2)CC1. The molecule has 3 heteroatoms. The van der Waals surface area contributed by atoms with Gasteiger partial charge in [-0.1, -0.05) is 32.6 Å². The predicted molar refractivity (Wildman–Crippen MR) is 73.2 cm³/mol. The van der Waals surface area contributed by atoms with Crippen LogP contribution in [0.3, 0.4) is 0 Å². The van der Waals surface area contributed by atoms with Gasteiger partial charge in [-0.3, -0.25) is 0 Å². The summed E-state index contributed by atoms with van der Waals surface area (Å²) in [6.07, 6.45) is 11.9. The van der Waals surface area contributed by atoms with Crippen LogP contribution in [0.25, 0.3) is 0 Å². The van der Waals surface area contributed by atoms with Crippen molar-refractivity contribution < 1.29 is 13.5 Å². The summed E-state index contributed by atoms with van der Waals surface area (Å²) in [6.45, 7) is -0.317. The molecule has 0 aromatic heterocycles. The molecule has 0 atom stereocenters. The number of halogens is 2. The molecule has 0 radical (unpaired) electrons. The van der Waals surface area contributed by atoms with Crippen LogP contribution in [0.5, 0.6) is 0 Å². The molecule has 2 saturated carbocycles. The molecule has 2 rings (SSSR count). The van der Waals surface area contributed by atoms with Gasteiger partial charge < -0.3 is 4.74 Å². The molecule has 0 unspecified atom stereocenters. The smallest absolute Gasteiger partial charge is 0.320 e. The van der Waals surface area contributed by atoms with E-state index in [1.54, 1.807) is 0 Å². The molecule has 1 nitrogen and oxygen atoms in total. The molecule has 2 aliphatic carbocycles. The number of rotatable bonds is 5. The molecule has 2 aliphatic rings. The Hall–Kier alpha value is -0.180. The summed E-state index contributed by atoms with van der Waals surface area (Å²) in [5.74, 6) is 2.60. The quantitative estimate of drug-likeness (QED) is 0.653. The summed E-state index contributed by atoms with van der Waals surface area (Å²) in [6, 6.07) is 0. The molecule has 0 N–H and O–H groups in total. The summed E-state index contributed by atoms with van der Waals surface area (Å²) in [4.78, 5) is 0. The Morgan fingerprint density at radius 3 is 1.89 bits per heavy atom. The predicted octanol–water partition coefficient (Wildman–Crippen LogP) is 5.39. The van der Waals surface area contributed by atoms with Crippen LogP contribution in [-0.2, 0) is 4.74 Å². The minimum Gasteiger partial charge on any atom is -0.320 e. The second-order valence-electron chi connectivity index (χ2n) is 6.50. The molecule has 0 aliphatic heterocycles. The third-order valence-electron chi connectivity index (χ3n) is 5.27. The van der Waals surface area contributed by atoms with Gasteiger partial charge in [0.2, 0.25) is 0 Å². The fraction of sp³-hybridized carbons (Fsp3) is 1.00. The fourth-order valence-electron chi connectivity index (χ4n) is 4.20. The largest absolute Gasteiger partial charge is 0.345 e. The maximum absolute atomic E-state index is 12.2. The summed E-state index contributed by atoms with van der Waals surface area (Å²) >= 11 is 0. The van der Waals surface area contributed by atoms with Crippen molar-refractivity contribution in [3.63, 3.8) is 0 Å². The number of hydrogen-bond donors (Lipinski definition) is 0. The minimum atomic E-state index is -2.59. The van der Waals surface area contributed by atoms with Crippen molar-refractivity contribution in [1.82, 2.24) is 0 Å². The van der Waals surface area contributed by atoms with E-state index in [0.717, 1.165) is 43.4 Å². The van der Waals surface area contributed by atoms with E-state index >= 15 is 0 Å². The van der Waals surface area contributed by atoms with E-state index in [0.29, 0.717) is 0 Å². The first-order chi connectivity index (χ1) is 9.19. The van der Waals surface area contributed by atoms with E-state index in [9.17, 15) is 8.78 Å². The van der Waals surface area contributed by atoms with Crippen molar-refractivity contribution in [3.05, 3.63) is 0 Å². The van der Waals surface area contributed by atoms with Gasteiger partial charge in [-0.15, -0.1) is 0 Å². The Morgan fingerprint density at radius 1 is 0.895 bits per heavy atom. The zero-order valence-electron chi connectivity index (χ0n) is 12.1. The van der Waals surface area contributed by atoms with Crippen LogP contribution >= 0.6 is 0 Å². The number of ether oxygens (including phenoxy) is 1. The highest BCUT2D eigenvalue weighted by Crippen LogP contribution is 2.41. The van der Waals surface area contributed by atoms with E-state index < -0.39 is 6.61 Å². The molecular weight excluding hydrogens is 246 g/mol. The first-order valence-corrected chi connectivity index (χ1v) is 8.12. The van der Waals surface area contributed by atoms with Crippen LogP contribution < -0.4 is 0 Å². The van der Waals surface area contributed by atoms with Gasteiger partial charge in [0.05, 0.1) is 6.10 Å². The van der Waals surface area contributed by atoms with E-state index in [2.05, 4.69) is 11.7 Å². The second kappa shape index (κ2) is 7.56. The Kier molecular flexibility index (Phi) is 6.06. The van der Waals surface area contributed by atoms with Crippen LogP contribution in [-0.4, -0.2) is 12.7 Å². The Labute approximate surface area is 116 Å². The molecule has 0 saturated heterocycles. The standard InChI is InChI=1S/C16H28F2O/c1-2-3-12-4-6-13(7-5-12)14-8-10-15(11-9-14)19-16(17)18/h12-16H,2-11H2,1H3. The molecule has 0 aromatic rings. The van der Waals surface area contributed by atoms with Gasteiger partial charge in [-0.25, -0.2) is 0 Å². The van der Waals surface area contributed by atoms with Gasteiger partial charge >= 0.3 is 6.61 Å². The monoisotopic (exact) mass is 274 g/mol. The molecule has 2 fully saturated rings. The van der Waals surface area contributed by atoms with Crippen LogP contribution in [0.15, 0.2) is 0 Å². The molecule has 19 heavy (non-hydrogen) atoms. The normalized spacial score (nSPS) is 36.6. The van der Waals surface area contributed by atoms with E-state index in [-0.39, 0.29) is 6.10 Å². The summed E-state index contributed by atoms with van der Waals surface area (Å²) in [5, 5.41) is 0. The molecule has 0 amide bonds. The van der Waals surface area contributed by atoms with Gasteiger partial charge in [0.25, 0.3) is 0 Å². The number of alkyl halides is 2. The lowest BCUT2D eigenvalue weighted by Crippen LogP contribution is -2.29. The highest BCUT2D eigenvalue weighted by molar-refractivity contribution is 4.82. The lowest BCUT2D eigenvalue weighted by molar-refractivity contribution is -0.172. The highest BCUT2D eigenvalue weighted by atomic mass is 19.3. The van der Waals surface area contributed by atoms with Crippen molar-refractivity contribution >= 4 is 0 Å². The highest BCUT2D eigenvalue weighted by Gasteiger charge is 2.31. The maximum atomic E-state index is 12.2. The molecule has 0 bridgehead atoms. The molecule has 112 valence electrons. The van der Waals surface area contributed by atoms with E-state index in [4.69, 9.17) is 0 Å². The molecular formula is C16H28F2O. The average Bonchev–Trinajstić information content (AvgIpc) is 2.40. The summed E-state index contributed by atoms with van der Waals surface area (Å²) < 4.78 is 29.0. The lowest BCUT2D eigenvalue weighted by Gasteiger charge is -2.37. The third kappa shape index (κ3) is 4.70. The first-order valence-electron chi connectivity index (χ1n) is 8.12. The molecule has 0 heterocycles. The van der Waals surface area contributed by atoms with Gasteiger partial charge in [0, 0.05) is 0 Å².